The van der Waals surface area contributed by atoms with E-state index in [9.17, 15) is 9.59 Å². The predicted molar refractivity (Wildman–Crippen MR) is 140 cm³/mol. The third-order valence-corrected chi connectivity index (χ3v) is 7.56. The Morgan fingerprint density at radius 1 is 1.00 bits per heavy atom. The van der Waals surface area contributed by atoms with Gasteiger partial charge in [-0.3, -0.25) is 9.59 Å². The third kappa shape index (κ3) is 4.48. The second kappa shape index (κ2) is 10.4. The quantitative estimate of drug-likeness (QED) is 0.445. The Morgan fingerprint density at radius 2 is 1.67 bits per heavy atom. The molecule has 0 radical (unpaired) electrons. The van der Waals surface area contributed by atoms with Crippen molar-refractivity contribution in [1.29, 1.82) is 0 Å². The van der Waals surface area contributed by atoms with Gasteiger partial charge in [0.1, 0.15) is 6.61 Å². The number of dihydropyridines is 1. The van der Waals surface area contributed by atoms with Crippen molar-refractivity contribution < 1.29 is 19.1 Å². The van der Waals surface area contributed by atoms with Crippen LogP contribution in [-0.2, 0) is 22.6 Å². The van der Waals surface area contributed by atoms with Crippen LogP contribution in [0.25, 0.3) is 0 Å². The number of ketones is 2. The molecule has 6 heteroatoms. The maximum absolute atomic E-state index is 13.2. The number of carbonyl (C=O) groups excluding carboxylic acids is 2. The standard InChI is InChI=1S/C30H30ClNO4/c1-3-8-18-15-20(16-26(35-2)30(18)36-17-19-9-4-5-10-21(19)31)27-28-22(11-6-13-24(28)33)32-23-12-7-14-25(34)29(23)27/h3-5,9-10,15-16,27,32H,1,6-8,11-14,17H2,2H3. The van der Waals surface area contributed by atoms with Crippen molar-refractivity contribution in [3.8, 4) is 11.5 Å². The van der Waals surface area contributed by atoms with Crippen LogP contribution in [0.15, 0.2) is 71.6 Å². The molecule has 2 aromatic rings. The molecule has 0 unspecified atom stereocenters. The monoisotopic (exact) mass is 503 g/mol. The molecule has 3 aliphatic rings. The summed E-state index contributed by atoms with van der Waals surface area (Å²) in [6.45, 7) is 4.21. The van der Waals surface area contributed by atoms with Crippen LogP contribution in [-0.4, -0.2) is 18.7 Å². The van der Waals surface area contributed by atoms with Crippen molar-refractivity contribution in [2.24, 2.45) is 0 Å². The Hall–Kier alpha value is -3.31. The second-order valence-corrected chi connectivity index (χ2v) is 9.89. The summed E-state index contributed by atoms with van der Waals surface area (Å²) in [5, 5.41) is 4.11. The van der Waals surface area contributed by atoms with E-state index < -0.39 is 5.92 Å². The molecule has 2 aromatic carbocycles. The highest BCUT2D eigenvalue weighted by atomic mass is 35.5. The van der Waals surface area contributed by atoms with E-state index in [4.69, 9.17) is 21.1 Å². The molecule has 0 atom stereocenters. The van der Waals surface area contributed by atoms with Gasteiger partial charge in [0.05, 0.1) is 7.11 Å². The number of allylic oxidation sites excluding steroid dienone is 5. The number of hydrogen-bond donors (Lipinski definition) is 1. The molecule has 186 valence electrons. The average molecular weight is 504 g/mol. The highest BCUT2D eigenvalue weighted by Crippen LogP contribution is 2.47. The van der Waals surface area contributed by atoms with Gasteiger partial charge < -0.3 is 14.8 Å². The predicted octanol–water partition coefficient (Wildman–Crippen LogP) is 6.36. The lowest BCUT2D eigenvalue weighted by molar-refractivity contribution is -0.116. The molecule has 0 bridgehead atoms. The number of hydrogen-bond acceptors (Lipinski definition) is 5. The molecule has 0 saturated heterocycles. The van der Waals surface area contributed by atoms with Gasteiger partial charge >= 0.3 is 0 Å². The van der Waals surface area contributed by atoms with E-state index >= 15 is 0 Å². The van der Waals surface area contributed by atoms with Gasteiger partial charge in [-0.25, -0.2) is 0 Å². The van der Waals surface area contributed by atoms with E-state index in [-0.39, 0.29) is 18.2 Å². The molecule has 1 N–H and O–H groups in total. The fraction of sp³-hybridized carbons (Fsp3) is 0.333. The first-order valence-corrected chi connectivity index (χ1v) is 12.9. The van der Waals surface area contributed by atoms with E-state index in [1.165, 1.54) is 0 Å². The summed E-state index contributed by atoms with van der Waals surface area (Å²) < 4.78 is 12.0. The normalized spacial score (nSPS) is 17.9. The molecule has 5 nitrogen and oxygen atoms in total. The molecule has 1 heterocycles. The summed E-state index contributed by atoms with van der Waals surface area (Å²) in [6, 6.07) is 11.5. The molecule has 1 aliphatic heterocycles. The number of Topliss-reactive ketones (excluding diaryl/α,β-unsaturated/α-hetero) is 2. The van der Waals surface area contributed by atoms with Crippen LogP contribution in [0.3, 0.4) is 0 Å². The summed E-state index contributed by atoms with van der Waals surface area (Å²) in [6.07, 6.45) is 6.66. The lowest BCUT2D eigenvalue weighted by Gasteiger charge is -2.37. The van der Waals surface area contributed by atoms with E-state index in [0.29, 0.717) is 35.8 Å². The minimum absolute atomic E-state index is 0.113. The summed E-state index contributed by atoms with van der Waals surface area (Å²) in [4.78, 5) is 26.4. The van der Waals surface area contributed by atoms with Gasteiger partial charge in [0, 0.05) is 57.4 Å². The summed E-state index contributed by atoms with van der Waals surface area (Å²) in [7, 11) is 1.61. The van der Waals surface area contributed by atoms with Gasteiger partial charge in [0.25, 0.3) is 0 Å². The highest BCUT2D eigenvalue weighted by Gasteiger charge is 2.40. The molecule has 0 saturated carbocycles. The largest absolute Gasteiger partial charge is 0.493 e. The summed E-state index contributed by atoms with van der Waals surface area (Å²) in [5.74, 6) is 1.00. The van der Waals surface area contributed by atoms with Gasteiger partial charge in [0.2, 0.25) is 0 Å². The molecular formula is C30H30ClNO4. The van der Waals surface area contributed by atoms with Crippen LogP contribution >= 0.6 is 11.6 Å². The minimum atomic E-state index is -0.396. The number of carbonyl (C=O) groups is 2. The van der Waals surface area contributed by atoms with Crippen LogP contribution < -0.4 is 14.8 Å². The number of methoxy groups -OCH3 is 1. The molecular weight excluding hydrogens is 474 g/mol. The van der Waals surface area contributed by atoms with Gasteiger partial charge in [-0.2, -0.15) is 0 Å². The maximum atomic E-state index is 13.2. The SMILES string of the molecule is C=CCc1cc(C2C3=C(CCCC3=O)NC3=C2C(=O)CCC3)cc(OC)c1OCc1ccccc1Cl. The fourth-order valence-corrected chi connectivity index (χ4v) is 5.75. The van der Waals surface area contributed by atoms with Gasteiger partial charge in [-0.1, -0.05) is 41.9 Å². The summed E-state index contributed by atoms with van der Waals surface area (Å²) in [5.41, 5.74) is 6.03. The van der Waals surface area contributed by atoms with Gasteiger partial charge in [-0.15, -0.1) is 6.58 Å². The number of benzene rings is 2. The topological polar surface area (TPSA) is 64.6 Å². The number of ether oxygens (including phenoxy) is 2. The third-order valence-electron chi connectivity index (χ3n) is 7.19. The zero-order valence-corrected chi connectivity index (χ0v) is 21.2. The Labute approximate surface area is 216 Å². The fourth-order valence-electron chi connectivity index (χ4n) is 5.55. The Kier molecular flexibility index (Phi) is 7.01. The Balaban J connectivity index is 1.61. The van der Waals surface area contributed by atoms with Crippen LogP contribution in [0.5, 0.6) is 11.5 Å². The highest BCUT2D eigenvalue weighted by molar-refractivity contribution is 6.31. The number of rotatable bonds is 7. The van der Waals surface area contributed by atoms with Crippen LogP contribution in [0.4, 0.5) is 0 Å². The molecule has 5 rings (SSSR count). The summed E-state index contributed by atoms with van der Waals surface area (Å²) >= 11 is 6.34. The Bertz CT molecular complexity index is 1260. The first kappa shape index (κ1) is 24.4. The maximum Gasteiger partial charge on any atom is 0.165 e. The molecule has 0 aromatic heterocycles. The molecule has 36 heavy (non-hydrogen) atoms. The van der Waals surface area contributed by atoms with Crippen molar-refractivity contribution in [3.05, 3.63) is 93.3 Å². The zero-order valence-electron chi connectivity index (χ0n) is 20.5. The molecule has 0 fully saturated rings. The zero-order chi connectivity index (χ0) is 25.2. The van der Waals surface area contributed by atoms with E-state index in [2.05, 4.69) is 11.9 Å². The Morgan fingerprint density at radius 3 is 2.28 bits per heavy atom. The smallest absolute Gasteiger partial charge is 0.165 e. The van der Waals surface area contributed by atoms with E-state index in [1.54, 1.807) is 7.11 Å². The molecule has 2 aliphatic carbocycles. The number of halogens is 1. The van der Waals surface area contributed by atoms with Crippen LogP contribution in [0, 0.1) is 0 Å². The van der Waals surface area contributed by atoms with E-state index in [1.807, 2.05) is 42.5 Å². The van der Waals surface area contributed by atoms with Gasteiger partial charge in [0.15, 0.2) is 23.1 Å². The lowest BCUT2D eigenvalue weighted by atomic mass is 9.71. The minimum Gasteiger partial charge on any atom is -0.493 e. The van der Waals surface area contributed by atoms with Crippen molar-refractivity contribution in [2.75, 3.05) is 7.11 Å². The van der Waals surface area contributed by atoms with Gasteiger partial charge in [-0.05, 0) is 49.8 Å². The average Bonchev–Trinajstić information content (AvgIpc) is 2.88. The first-order valence-electron chi connectivity index (χ1n) is 12.5. The van der Waals surface area contributed by atoms with E-state index in [0.717, 1.165) is 64.9 Å². The molecule has 0 spiro atoms. The molecule has 0 amide bonds. The first-order chi connectivity index (χ1) is 17.5. The van der Waals surface area contributed by atoms with Crippen molar-refractivity contribution in [2.45, 2.75) is 57.5 Å². The second-order valence-electron chi connectivity index (χ2n) is 9.48. The van der Waals surface area contributed by atoms with Crippen molar-refractivity contribution in [1.82, 2.24) is 5.32 Å². The lowest BCUT2D eigenvalue weighted by Crippen LogP contribution is -2.36. The van der Waals surface area contributed by atoms with Crippen LogP contribution in [0.2, 0.25) is 5.02 Å². The van der Waals surface area contributed by atoms with Crippen LogP contribution in [0.1, 0.15) is 61.1 Å². The van der Waals surface area contributed by atoms with Crippen molar-refractivity contribution in [3.63, 3.8) is 0 Å². The number of nitrogens with one attached hydrogen (secondary N) is 1. The van der Waals surface area contributed by atoms with Crippen molar-refractivity contribution >= 4 is 23.2 Å².